The van der Waals surface area contributed by atoms with Gasteiger partial charge in [-0.15, -0.1) is 0 Å². The highest BCUT2D eigenvalue weighted by Crippen LogP contribution is 2.28. The second kappa shape index (κ2) is 4.42. The molecule has 3 rings (SSSR count). The van der Waals surface area contributed by atoms with E-state index in [4.69, 9.17) is 10.5 Å². The van der Waals surface area contributed by atoms with Crippen LogP contribution in [0, 0.1) is 0 Å². The van der Waals surface area contributed by atoms with Crippen LogP contribution in [0.15, 0.2) is 18.2 Å². The van der Waals surface area contributed by atoms with Gasteiger partial charge in [-0.25, -0.2) is 4.98 Å². The molecule has 0 spiro atoms. The van der Waals surface area contributed by atoms with E-state index in [2.05, 4.69) is 24.1 Å². The summed E-state index contributed by atoms with van der Waals surface area (Å²) in [6.07, 6.45) is 1.53. The number of nitrogen functional groups attached to an aromatic ring is 1. The van der Waals surface area contributed by atoms with Crippen molar-refractivity contribution in [1.29, 1.82) is 0 Å². The van der Waals surface area contributed by atoms with Gasteiger partial charge in [0.15, 0.2) is 0 Å². The molecular formula is C14H20N4O. The number of hydrogen-bond donors (Lipinski definition) is 2. The van der Waals surface area contributed by atoms with Crippen molar-refractivity contribution in [2.24, 2.45) is 7.05 Å². The largest absolute Gasteiger partial charge is 0.378 e. The smallest absolute Gasteiger partial charge is 0.201 e. The molecule has 2 aromatic rings. The summed E-state index contributed by atoms with van der Waals surface area (Å²) in [5, 5.41) is 3.55. The predicted octanol–water partition coefficient (Wildman–Crippen LogP) is 2.13. The molecule has 1 saturated heterocycles. The fourth-order valence-electron chi connectivity index (χ4n) is 2.79. The van der Waals surface area contributed by atoms with Gasteiger partial charge in [0.2, 0.25) is 5.95 Å². The standard InChI is InChI=1S/C14H20N4O/c1-8-7-11(9(2)19-8)16-10-5-4-6-12-13(10)17-14(15)18(12)3/h4-6,8-9,11,16H,7H2,1-3H3,(H2,15,17). The number of ether oxygens (including phenoxy) is 1. The minimum absolute atomic E-state index is 0.214. The fraction of sp³-hybridized carbons (Fsp3) is 0.500. The number of nitrogens with zero attached hydrogens (tertiary/aromatic N) is 2. The zero-order chi connectivity index (χ0) is 13.6. The molecule has 1 aromatic heterocycles. The van der Waals surface area contributed by atoms with Gasteiger partial charge in [0.25, 0.3) is 0 Å². The summed E-state index contributed by atoms with van der Waals surface area (Å²) < 4.78 is 7.67. The molecule has 19 heavy (non-hydrogen) atoms. The molecule has 1 aliphatic heterocycles. The molecule has 1 aliphatic rings. The number of hydrogen-bond acceptors (Lipinski definition) is 4. The van der Waals surface area contributed by atoms with Crippen LogP contribution in [-0.2, 0) is 11.8 Å². The van der Waals surface area contributed by atoms with Crippen LogP contribution < -0.4 is 11.1 Å². The first-order valence-corrected chi connectivity index (χ1v) is 6.69. The Morgan fingerprint density at radius 1 is 1.42 bits per heavy atom. The van der Waals surface area contributed by atoms with Gasteiger partial charge >= 0.3 is 0 Å². The maximum absolute atomic E-state index is 5.88. The van der Waals surface area contributed by atoms with E-state index in [1.807, 2.05) is 29.8 Å². The van der Waals surface area contributed by atoms with E-state index in [0.717, 1.165) is 23.1 Å². The molecule has 2 heterocycles. The second-order valence-electron chi connectivity index (χ2n) is 5.34. The first-order chi connectivity index (χ1) is 9.06. The number of para-hydroxylation sites is 1. The molecule has 1 fully saturated rings. The predicted molar refractivity (Wildman–Crippen MR) is 77.2 cm³/mol. The van der Waals surface area contributed by atoms with Crippen LogP contribution in [0.25, 0.3) is 11.0 Å². The molecule has 3 unspecified atom stereocenters. The number of fused-ring (bicyclic) bond motifs is 1. The molecule has 0 bridgehead atoms. The van der Waals surface area contributed by atoms with E-state index in [-0.39, 0.29) is 6.10 Å². The quantitative estimate of drug-likeness (QED) is 0.868. The summed E-state index contributed by atoms with van der Waals surface area (Å²) in [5.41, 5.74) is 8.87. The van der Waals surface area contributed by atoms with Crippen molar-refractivity contribution in [2.75, 3.05) is 11.1 Å². The van der Waals surface area contributed by atoms with Gasteiger partial charge in [0, 0.05) is 7.05 Å². The number of nitrogens with one attached hydrogen (secondary N) is 1. The molecule has 0 amide bonds. The van der Waals surface area contributed by atoms with Crippen LogP contribution in [0.2, 0.25) is 0 Å². The number of anilines is 2. The fourth-order valence-corrected chi connectivity index (χ4v) is 2.79. The second-order valence-corrected chi connectivity index (χ2v) is 5.34. The van der Waals surface area contributed by atoms with Gasteiger partial charge in [-0.1, -0.05) is 6.07 Å². The SMILES string of the molecule is CC1CC(Nc2cccc3c2nc(N)n3C)C(C)O1. The highest BCUT2D eigenvalue weighted by Gasteiger charge is 2.29. The van der Waals surface area contributed by atoms with Crippen LogP contribution in [0.5, 0.6) is 0 Å². The Morgan fingerprint density at radius 2 is 2.21 bits per heavy atom. The number of imidazole rings is 1. The van der Waals surface area contributed by atoms with E-state index in [1.165, 1.54) is 0 Å². The molecule has 3 N–H and O–H groups in total. The number of benzene rings is 1. The van der Waals surface area contributed by atoms with Gasteiger partial charge in [-0.3, -0.25) is 0 Å². The first kappa shape index (κ1) is 12.3. The van der Waals surface area contributed by atoms with E-state index < -0.39 is 0 Å². The summed E-state index contributed by atoms with van der Waals surface area (Å²) in [4.78, 5) is 4.44. The Bertz CT molecular complexity index is 607. The number of aryl methyl sites for hydroxylation is 1. The molecule has 0 aliphatic carbocycles. The minimum Gasteiger partial charge on any atom is -0.378 e. The molecular weight excluding hydrogens is 240 g/mol. The minimum atomic E-state index is 0.214. The van der Waals surface area contributed by atoms with Crippen molar-refractivity contribution in [3.63, 3.8) is 0 Å². The van der Waals surface area contributed by atoms with Crippen molar-refractivity contribution in [3.05, 3.63) is 18.2 Å². The average Bonchev–Trinajstić information content (AvgIpc) is 2.83. The molecule has 102 valence electrons. The maximum atomic E-state index is 5.88. The summed E-state index contributed by atoms with van der Waals surface area (Å²) in [6, 6.07) is 6.42. The third kappa shape index (κ3) is 2.04. The topological polar surface area (TPSA) is 65.1 Å². The van der Waals surface area contributed by atoms with Crippen LogP contribution in [-0.4, -0.2) is 27.8 Å². The van der Waals surface area contributed by atoms with Crippen molar-refractivity contribution in [1.82, 2.24) is 9.55 Å². The van der Waals surface area contributed by atoms with Crippen LogP contribution in [0.4, 0.5) is 11.6 Å². The third-order valence-corrected chi connectivity index (χ3v) is 3.89. The summed E-state index contributed by atoms with van der Waals surface area (Å²) >= 11 is 0. The van der Waals surface area contributed by atoms with Crippen molar-refractivity contribution < 1.29 is 4.74 Å². The van der Waals surface area contributed by atoms with Gasteiger partial charge in [0.05, 0.1) is 29.5 Å². The van der Waals surface area contributed by atoms with Gasteiger partial charge < -0.3 is 20.4 Å². The Balaban J connectivity index is 1.95. The van der Waals surface area contributed by atoms with Gasteiger partial charge in [-0.2, -0.15) is 0 Å². The number of aromatic nitrogens is 2. The van der Waals surface area contributed by atoms with E-state index in [9.17, 15) is 0 Å². The zero-order valence-corrected chi connectivity index (χ0v) is 11.6. The van der Waals surface area contributed by atoms with E-state index in [1.54, 1.807) is 0 Å². The average molecular weight is 260 g/mol. The lowest BCUT2D eigenvalue weighted by Gasteiger charge is -2.17. The Labute approximate surface area is 112 Å². The molecule has 1 aromatic carbocycles. The van der Waals surface area contributed by atoms with E-state index in [0.29, 0.717) is 18.1 Å². The molecule has 0 radical (unpaired) electrons. The van der Waals surface area contributed by atoms with Crippen molar-refractivity contribution >= 4 is 22.7 Å². The Hall–Kier alpha value is -1.75. The number of rotatable bonds is 2. The molecule has 3 atom stereocenters. The Morgan fingerprint density at radius 3 is 2.89 bits per heavy atom. The monoisotopic (exact) mass is 260 g/mol. The van der Waals surface area contributed by atoms with E-state index >= 15 is 0 Å². The highest BCUT2D eigenvalue weighted by molar-refractivity contribution is 5.90. The lowest BCUT2D eigenvalue weighted by atomic mass is 10.1. The van der Waals surface area contributed by atoms with Gasteiger partial charge in [0.1, 0.15) is 5.52 Å². The molecule has 5 nitrogen and oxygen atoms in total. The summed E-state index contributed by atoms with van der Waals surface area (Å²) in [5.74, 6) is 0.535. The van der Waals surface area contributed by atoms with Crippen molar-refractivity contribution in [2.45, 2.75) is 38.5 Å². The third-order valence-electron chi connectivity index (χ3n) is 3.89. The zero-order valence-electron chi connectivity index (χ0n) is 11.6. The van der Waals surface area contributed by atoms with Crippen LogP contribution >= 0.6 is 0 Å². The van der Waals surface area contributed by atoms with Crippen molar-refractivity contribution in [3.8, 4) is 0 Å². The first-order valence-electron chi connectivity index (χ1n) is 6.69. The lowest BCUT2D eigenvalue weighted by Crippen LogP contribution is -2.26. The lowest BCUT2D eigenvalue weighted by molar-refractivity contribution is 0.0650. The van der Waals surface area contributed by atoms with Crippen LogP contribution in [0.3, 0.4) is 0 Å². The van der Waals surface area contributed by atoms with Gasteiger partial charge in [-0.05, 0) is 32.4 Å². The normalized spacial score (nSPS) is 27.0. The Kier molecular flexibility index (Phi) is 2.86. The summed E-state index contributed by atoms with van der Waals surface area (Å²) in [7, 11) is 1.93. The molecule has 0 saturated carbocycles. The summed E-state index contributed by atoms with van der Waals surface area (Å²) in [6.45, 7) is 4.21. The number of nitrogens with two attached hydrogens (primary N) is 1. The highest BCUT2D eigenvalue weighted by atomic mass is 16.5. The maximum Gasteiger partial charge on any atom is 0.201 e. The molecule has 5 heteroatoms. The van der Waals surface area contributed by atoms with Crippen LogP contribution in [0.1, 0.15) is 20.3 Å².